The van der Waals surface area contributed by atoms with Crippen molar-refractivity contribution in [2.24, 2.45) is 0 Å². The fourth-order valence-corrected chi connectivity index (χ4v) is 2.07. The van der Waals surface area contributed by atoms with Crippen LogP contribution in [0.1, 0.15) is 36.5 Å². The van der Waals surface area contributed by atoms with Gasteiger partial charge in [0.25, 0.3) is 0 Å². The van der Waals surface area contributed by atoms with Crippen LogP contribution in [0.25, 0.3) is 0 Å². The Kier molecular flexibility index (Phi) is 3.05. The van der Waals surface area contributed by atoms with Crippen LogP contribution >= 0.6 is 0 Å². The minimum Gasteiger partial charge on any atom is -0.372 e. The van der Waals surface area contributed by atoms with Crippen LogP contribution in [0.3, 0.4) is 0 Å². The standard InChI is InChI=1S/C13H17NO/c1-11(15)12-6-5-7-13(10-12)14-8-3-2-4-9-14/h5-7,10H,2-4,8-9H2,1H3. The number of carbonyl (C=O) groups excluding carboxylic acids is 1. The molecule has 80 valence electrons. The summed E-state index contributed by atoms with van der Waals surface area (Å²) in [5.41, 5.74) is 2.01. The summed E-state index contributed by atoms with van der Waals surface area (Å²) < 4.78 is 0. The summed E-state index contributed by atoms with van der Waals surface area (Å²) >= 11 is 0. The van der Waals surface area contributed by atoms with Crippen molar-refractivity contribution < 1.29 is 4.79 Å². The Morgan fingerprint density at radius 2 is 1.93 bits per heavy atom. The van der Waals surface area contributed by atoms with Crippen molar-refractivity contribution in [3.63, 3.8) is 0 Å². The first-order chi connectivity index (χ1) is 7.27. The number of hydrogen-bond acceptors (Lipinski definition) is 2. The molecule has 0 unspecified atom stereocenters. The summed E-state index contributed by atoms with van der Waals surface area (Å²) in [5.74, 6) is 0.147. The Morgan fingerprint density at radius 1 is 1.20 bits per heavy atom. The monoisotopic (exact) mass is 203 g/mol. The van der Waals surface area contributed by atoms with Gasteiger partial charge in [0.15, 0.2) is 5.78 Å². The van der Waals surface area contributed by atoms with Crippen LogP contribution in [0.4, 0.5) is 5.69 Å². The summed E-state index contributed by atoms with van der Waals surface area (Å²) in [6, 6.07) is 7.96. The van der Waals surface area contributed by atoms with Gasteiger partial charge in [0.1, 0.15) is 0 Å². The number of benzene rings is 1. The van der Waals surface area contributed by atoms with Gasteiger partial charge >= 0.3 is 0 Å². The molecule has 15 heavy (non-hydrogen) atoms. The molecule has 1 saturated heterocycles. The van der Waals surface area contributed by atoms with Crippen LogP contribution in [-0.2, 0) is 0 Å². The number of anilines is 1. The van der Waals surface area contributed by atoms with E-state index >= 15 is 0 Å². The van der Waals surface area contributed by atoms with Crippen LogP contribution in [0.5, 0.6) is 0 Å². The molecule has 2 nitrogen and oxygen atoms in total. The lowest BCUT2D eigenvalue weighted by atomic mass is 10.1. The zero-order chi connectivity index (χ0) is 10.7. The summed E-state index contributed by atoms with van der Waals surface area (Å²) in [4.78, 5) is 13.6. The fourth-order valence-electron chi connectivity index (χ4n) is 2.07. The topological polar surface area (TPSA) is 20.3 Å². The predicted molar refractivity (Wildman–Crippen MR) is 62.5 cm³/mol. The highest BCUT2D eigenvalue weighted by Gasteiger charge is 2.11. The second-order valence-electron chi connectivity index (χ2n) is 4.15. The molecule has 1 aliphatic rings. The highest BCUT2D eigenvalue weighted by atomic mass is 16.1. The molecule has 0 aliphatic carbocycles. The highest BCUT2D eigenvalue weighted by molar-refractivity contribution is 5.94. The van der Waals surface area contributed by atoms with Gasteiger partial charge < -0.3 is 4.90 Å². The lowest BCUT2D eigenvalue weighted by Gasteiger charge is -2.29. The first-order valence-electron chi connectivity index (χ1n) is 5.63. The highest BCUT2D eigenvalue weighted by Crippen LogP contribution is 2.20. The predicted octanol–water partition coefficient (Wildman–Crippen LogP) is 2.88. The van der Waals surface area contributed by atoms with Crippen LogP contribution in [0.2, 0.25) is 0 Å². The molecule has 2 rings (SSSR count). The molecule has 0 saturated carbocycles. The van der Waals surface area contributed by atoms with Crippen molar-refractivity contribution in [2.75, 3.05) is 18.0 Å². The third-order valence-corrected chi connectivity index (χ3v) is 2.97. The van der Waals surface area contributed by atoms with E-state index in [2.05, 4.69) is 11.0 Å². The summed E-state index contributed by atoms with van der Waals surface area (Å²) in [5, 5.41) is 0. The quantitative estimate of drug-likeness (QED) is 0.689. The molecule has 2 heteroatoms. The number of Topliss-reactive ketones (excluding diaryl/α,β-unsaturated/α-hetero) is 1. The average molecular weight is 203 g/mol. The number of ketones is 1. The SMILES string of the molecule is CC(=O)c1cccc(N2CCCCC2)c1. The molecule has 0 N–H and O–H groups in total. The summed E-state index contributed by atoms with van der Waals surface area (Å²) in [6.07, 6.45) is 3.87. The number of piperidine rings is 1. The van der Waals surface area contributed by atoms with E-state index in [4.69, 9.17) is 0 Å². The Hall–Kier alpha value is -1.31. The summed E-state index contributed by atoms with van der Waals surface area (Å²) in [6.45, 7) is 3.87. The molecule has 0 aromatic heterocycles. The minimum absolute atomic E-state index is 0.147. The van der Waals surface area contributed by atoms with Gasteiger partial charge in [-0.05, 0) is 38.3 Å². The number of rotatable bonds is 2. The molecule has 0 atom stereocenters. The molecular weight excluding hydrogens is 186 g/mol. The molecule has 0 radical (unpaired) electrons. The average Bonchev–Trinajstić information content (AvgIpc) is 2.30. The van der Waals surface area contributed by atoms with E-state index in [1.54, 1.807) is 6.92 Å². The van der Waals surface area contributed by atoms with E-state index in [0.717, 1.165) is 18.7 Å². The second-order valence-corrected chi connectivity index (χ2v) is 4.15. The molecule has 0 amide bonds. The smallest absolute Gasteiger partial charge is 0.159 e. The van der Waals surface area contributed by atoms with Gasteiger partial charge in [0, 0.05) is 24.3 Å². The van der Waals surface area contributed by atoms with Crippen molar-refractivity contribution in [3.8, 4) is 0 Å². The Bertz CT molecular complexity index is 353. The van der Waals surface area contributed by atoms with E-state index in [0.29, 0.717) is 0 Å². The van der Waals surface area contributed by atoms with Crippen molar-refractivity contribution in [3.05, 3.63) is 29.8 Å². The van der Waals surface area contributed by atoms with E-state index in [-0.39, 0.29) is 5.78 Å². The van der Waals surface area contributed by atoms with Gasteiger partial charge in [-0.15, -0.1) is 0 Å². The minimum atomic E-state index is 0.147. The Labute approximate surface area is 90.9 Å². The number of nitrogens with zero attached hydrogens (tertiary/aromatic N) is 1. The molecule has 0 spiro atoms. The first kappa shape index (κ1) is 10.2. The van der Waals surface area contributed by atoms with Crippen LogP contribution in [-0.4, -0.2) is 18.9 Å². The van der Waals surface area contributed by atoms with Gasteiger partial charge in [-0.2, -0.15) is 0 Å². The maximum absolute atomic E-state index is 11.3. The van der Waals surface area contributed by atoms with E-state index in [1.807, 2.05) is 18.2 Å². The Balaban J connectivity index is 2.19. The third-order valence-electron chi connectivity index (χ3n) is 2.97. The number of carbonyl (C=O) groups is 1. The van der Waals surface area contributed by atoms with Crippen molar-refractivity contribution in [1.82, 2.24) is 0 Å². The summed E-state index contributed by atoms with van der Waals surface area (Å²) in [7, 11) is 0. The normalized spacial score (nSPS) is 16.5. The van der Waals surface area contributed by atoms with E-state index in [1.165, 1.54) is 24.9 Å². The largest absolute Gasteiger partial charge is 0.372 e. The van der Waals surface area contributed by atoms with E-state index < -0.39 is 0 Å². The maximum atomic E-state index is 11.3. The van der Waals surface area contributed by atoms with Gasteiger partial charge in [-0.25, -0.2) is 0 Å². The van der Waals surface area contributed by atoms with Gasteiger partial charge in [0.05, 0.1) is 0 Å². The molecule has 1 aliphatic heterocycles. The van der Waals surface area contributed by atoms with Crippen molar-refractivity contribution in [1.29, 1.82) is 0 Å². The Morgan fingerprint density at radius 3 is 2.60 bits per heavy atom. The maximum Gasteiger partial charge on any atom is 0.159 e. The number of hydrogen-bond donors (Lipinski definition) is 0. The molecule has 1 aromatic rings. The molecule has 1 fully saturated rings. The zero-order valence-corrected chi connectivity index (χ0v) is 9.20. The first-order valence-corrected chi connectivity index (χ1v) is 5.63. The van der Waals surface area contributed by atoms with Crippen LogP contribution in [0.15, 0.2) is 24.3 Å². The van der Waals surface area contributed by atoms with Crippen molar-refractivity contribution in [2.45, 2.75) is 26.2 Å². The lowest BCUT2D eigenvalue weighted by molar-refractivity contribution is 0.101. The second kappa shape index (κ2) is 4.47. The fraction of sp³-hybridized carbons (Fsp3) is 0.462. The zero-order valence-electron chi connectivity index (χ0n) is 9.20. The van der Waals surface area contributed by atoms with Crippen LogP contribution < -0.4 is 4.90 Å². The molecular formula is C13H17NO. The van der Waals surface area contributed by atoms with E-state index in [9.17, 15) is 4.79 Å². The molecule has 0 bridgehead atoms. The lowest BCUT2D eigenvalue weighted by Crippen LogP contribution is -2.29. The third kappa shape index (κ3) is 2.38. The van der Waals surface area contributed by atoms with Gasteiger partial charge in [0.2, 0.25) is 0 Å². The van der Waals surface area contributed by atoms with Crippen molar-refractivity contribution >= 4 is 11.5 Å². The van der Waals surface area contributed by atoms with Gasteiger partial charge in [-0.1, -0.05) is 12.1 Å². The van der Waals surface area contributed by atoms with Gasteiger partial charge in [-0.3, -0.25) is 4.79 Å². The molecule has 1 heterocycles. The van der Waals surface area contributed by atoms with Crippen LogP contribution in [0, 0.1) is 0 Å². The molecule has 1 aromatic carbocycles.